The largest absolute Gasteiger partial charge is 0.416 e. The summed E-state index contributed by atoms with van der Waals surface area (Å²) in [6, 6.07) is 3.04. The maximum absolute atomic E-state index is 13.4. The van der Waals surface area contributed by atoms with Gasteiger partial charge in [0.1, 0.15) is 5.82 Å². The monoisotopic (exact) mass is 263 g/mol. The number of nitrogens with one attached hydrogen (secondary N) is 1. The Hall–Kier alpha value is -1.10. The number of rotatable bonds is 6. The van der Waals surface area contributed by atoms with Crippen LogP contribution in [0.15, 0.2) is 18.2 Å². The highest BCUT2D eigenvalue weighted by Crippen LogP contribution is 2.32. The van der Waals surface area contributed by atoms with Crippen LogP contribution in [0, 0.1) is 5.82 Å². The van der Waals surface area contributed by atoms with E-state index in [2.05, 4.69) is 5.32 Å². The first kappa shape index (κ1) is 15.0. The van der Waals surface area contributed by atoms with E-state index in [9.17, 15) is 17.6 Å². The predicted molar refractivity (Wildman–Crippen MR) is 62.6 cm³/mol. The van der Waals surface area contributed by atoms with Gasteiger partial charge in [0.2, 0.25) is 0 Å². The Bertz CT molecular complexity index is 374. The summed E-state index contributed by atoms with van der Waals surface area (Å²) in [4.78, 5) is 0. The van der Waals surface area contributed by atoms with Gasteiger partial charge < -0.3 is 5.32 Å². The standard InChI is InChI=1S/C13H17F4N/c1-2-3-4-8-18-9-10-11(13(15,16)17)6-5-7-12(10)14/h5-7,18H,2-4,8-9H2,1H3. The third-order valence-corrected chi connectivity index (χ3v) is 2.68. The van der Waals surface area contributed by atoms with Crippen molar-refractivity contribution in [1.29, 1.82) is 0 Å². The Balaban J connectivity index is 2.69. The molecule has 0 radical (unpaired) electrons. The molecule has 0 aliphatic carbocycles. The molecule has 102 valence electrons. The average molecular weight is 263 g/mol. The van der Waals surface area contributed by atoms with Crippen molar-refractivity contribution in [2.24, 2.45) is 0 Å². The molecule has 0 fully saturated rings. The number of halogens is 4. The van der Waals surface area contributed by atoms with Gasteiger partial charge in [-0.25, -0.2) is 4.39 Å². The number of benzene rings is 1. The lowest BCUT2D eigenvalue weighted by molar-refractivity contribution is -0.138. The van der Waals surface area contributed by atoms with Gasteiger partial charge in [-0.2, -0.15) is 13.2 Å². The predicted octanol–water partition coefficient (Wildman–Crippen LogP) is 4.12. The molecule has 0 saturated heterocycles. The summed E-state index contributed by atoms with van der Waals surface area (Å²) in [5, 5.41) is 2.85. The molecular formula is C13H17F4N. The molecule has 1 aromatic carbocycles. The summed E-state index contributed by atoms with van der Waals surface area (Å²) in [5.41, 5.74) is -1.20. The van der Waals surface area contributed by atoms with E-state index < -0.39 is 17.6 Å². The zero-order chi connectivity index (χ0) is 13.6. The molecule has 1 N–H and O–H groups in total. The Kier molecular flexibility index (Phi) is 5.59. The molecule has 0 bridgehead atoms. The van der Waals surface area contributed by atoms with Crippen LogP contribution in [-0.2, 0) is 12.7 Å². The first-order valence-corrected chi connectivity index (χ1v) is 6.02. The second-order valence-corrected chi connectivity index (χ2v) is 4.15. The summed E-state index contributed by atoms with van der Waals surface area (Å²) in [5.74, 6) is -0.812. The smallest absolute Gasteiger partial charge is 0.313 e. The molecule has 0 aliphatic heterocycles. The van der Waals surface area contributed by atoms with Gasteiger partial charge in [-0.3, -0.25) is 0 Å². The molecule has 18 heavy (non-hydrogen) atoms. The SMILES string of the molecule is CCCCCNCc1c(F)cccc1C(F)(F)F. The van der Waals surface area contributed by atoms with Gasteiger partial charge in [0.05, 0.1) is 5.56 Å². The average Bonchev–Trinajstić information content (AvgIpc) is 2.29. The minimum Gasteiger partial charge on any atom is -0.313 e. The highest BCUT2D eigenvalue weighted by atomic mass is 19.4. The van der Waals surface area contributed by atoms with Gasteiger partial charge in [-0.05, 0) is 25.1 Å². The van der Waals surface area contributed by atoms with E-state index in [1.54, 1.807) is 0 Å². The quantitative estimate of drug-likeness (QED) is 0.601. The summed E-state index contributed by atoms with van der Waals surface area (Å²) >= 11 is 0. The van der Waals surface area contributed by atoms with Crippen LogP contribution >= 0.6 is 0 Å². The highest BCUT2D eigenvalue weighted by Gasteiger charge is 2.34. The molecule has 5 heteroatoms. The van der Waals surface area contributed by atoms with Gasteiger partial charge >= 0.3 is 6.18 Å². The van der Waals surface area contributed by atoms with Crippen molar-refractivity contribution in [2.75, 3.05) is 6.54 Å². The lowest BCUT2D eigenvalue weighted by Gasteiger charge is -2.14. The molecule has 0 heterocycles. The number of unbranched alkanes of at least 4 members (excludes halogenated alkanes) is 2. The molecule has 1 aromatic rings. The van der Waals surface area contributed by atoms with Crippen LogP contribution in [0.3, 0.4) is 0 Å². The van der Waals surface area contributed by atoms with Crippen molar-refractivity contribution in [3.8, 4) is 0 Å². The fourth-order valence-electron chi connectivity index (χ4n) is 1.72. The van der Waals surface area contributed by atoms with Crippen LogP contribution in [-0.4, -0.2) is 6.54 Å². The lowest BCUT2D eigenvalue weighted by Crippen LogP contribution is -2.19. The normalized spacial score (nSPS) is 11.8. The van der Waals surface area contributed by atoms with Gasteiger partial charge in [-0.1, -0.05) is 25.8 Å². The van der Waals surface area contributed by atoms with Crippen LogP contribution in [0.2, 0.25) is 0 Å². The van der Waals surface area contributed by atoms with E-state index >= 15 is 0 Å². The second-order valence-electron chi connectivity index (χ2n) is 4.15. The third-order valence-electron chi connectivity index (χ3n) is 2.68. The van der Waals surface area contributed by atoms with Crippen molar-refractivity contribution in [2.45, 2.75) is 38.9 Å². The Morgan fingerprint density at radius 2 is 1.89 bits per heavy atom. The second kappa shape index (κ2) is 6.73. The molecule has 0 saturated carbocycles. The first-order chi connectivity index (χ1) is 8.46. The Morgan fingerprint density at radius 3 is 2.50 bits per heavy atom. The fraction of sp³-hybridized carbons (Fsp3) is 0.538. The summed E-state index contributed by atoms with van der Waals surface area (Å²) < 4.78 is 51.4. The topological polar surface area (TPSA) is 12.0 Å². The van der Waals surface area contributed by atoms with Gasteiger partial charge in [-0.15, -0.1) is 0 Å². The van der Waals surface area contributed by atoms with Crippen LogP contribution in [0.1, 0.15) is 37.3 Å². The summed E-state index contributed by atoms with van der Waals surface area (Å²) in [7, 11) is 0. The van der Waals surface area contributed by atoms with Gasteiger partial charge in [0, 0.05) is 12.1 Å². The van der Waals surface area contributed by atoms with Crippen molar-refractivity contribution < 1.29 is 17.6 Å². The van der Waals surface area contributed by atoms with Crippen LogP contribution < -0.4 is 5.32 Å². The zero-order valence-corrected chi connectivity index (χ0v) is 10.3. The molecule has 0 aliphatic rings. The van der Waals surface area contributed by atoms with Crippen LogP contribution in [0.4, 0.5) is 17.6 Å². The summed E-state index contributed by atoms with van der Waals surface area (Å²) in [6.07, 6.45) is -1.58. The van der Waals surface area contributed by atoms with Crippen molar-refractivity contribution in [3.63, 3.8) is 0 Å². The molecule has 0 unspecified atom stereocenters. The zero-order valence-electron chi connectivity index (χ0n) is 10.3. The van der Waals surface area contributed by atoms with E-state index in [-0.39, 0.29) is 12.1 Å². The first-order valence-electron chi connectivity index (χ1n) is 6.02. The Labute approximate surface area is 104 Å². The molecule has 0 spiro atoms. The van der Waals surface area contributed by atoms with Crippen LogP contribution in [0.5, 0.6) is 0 Å². The van der Waals surface area contributed by atoms with E-state index in [4.69, 9.17) is 0 Å². The third kappa shape index (κ3) is 4.29. The van der Waals surface area contributed by atoms with Crippen molar-refractivity contribution in [1.82, 2.24) is 5.32 Å². The van der Waals surface area contributed by atoms with Gasteiger partial charge in [0.15, 0.2) is 0 Å². The maximum atomic E-state index is 13.4. The summed E-state index contributed by atoms with van der Waals surface area (Å²) in [6.45, 7) is 2.54. The molecular weight excluding hydrogens is 246 g/mol. The number of hydrogen-bond donors (Lipinski definition) is 1. The highest BCUT2D eigenvalue weighted by molar-refractivity contribution is 5.31. The van der Waals surface area contributed by atoms with Crippen molar-refractivity contribution >= 4 is 0 Å². The number of alkyl halides is 3. The van der Waals surface area contributed by atoms with E-state index in [0.717, 1.165) is 37.5 Å². The molecule has 1 rings (SSSR count). The van der Waals surface area contributed by atoms with Crippen molar-refractivity contribution in [3.05, 3.63) is 35.1 Å². The number of hydrogen-bond acceptors (Lipinski definition) is 1. The molecule has 1 nitrogen and oxygen atoms in total. The maximum Gasteiger partial charge on any atom is 0.416 e. The van der Waals surface area contributed by atoms with E-state index in [0.29, 0.717) is 6.54 Å². The minimum atomic E-state index is -4.51. The van der Waals surface area contributed by atoms with Crippen LogP contribution in [0.25, 0.3) is 0 Å². The molecule has 0 aromatic heterocycles. The molecule has 0 amide bonds. The van der Waals surface area contributed by atoms with Gasteiger partial charge in [0.25, 0.3) is 0 Å². The minimum absolute atomic E-state index is 0.0920. The Morgan fingerprint density at radius 1 is 1.17 bits per heavy atom. The van der Waals surface area contributed by atoms with E-state index in [1.807, 2.05) is 6.92 Å². The van der Waals surface area contributed by atoms with E-state index in [1.165, 1.54) is 0 Å². The molecule has 0 atom stereocenters. The lowest BCUT2D eigenvalue weighted by atomic mass is 10.1. The fourth-order valence-corrected chi connectivity index (χ4v) is 1.72.